The molecule has 1 aromatic heterocycles. The minimum Gasteiger partial charge on any atom is -0.379 e. The second-order valence-electron chi connectivity index (χ2n) is 4.74. The van der Waals surface area contributed by atoms with Crippen molar-refractivity contribution in [2.24, 2.45) is 11.1 Å². The summed E-state index contributed by atoms with van der Waals surface area (Å²) >= 11 is 0. The number of hydrogen-bond acceptors (Lipinski definition) is 4. The Morgan fingerprint density at radius 3 is 3.12 bits per heavy atom. The van der Waals surface area contributed by atoms with Crippen LogP contribution in [-0.2, 0) is 16.1 Å². The van der Waals surface area contributed by atoms with E-state index in [1.54, 1.807) is 6.20 Å². The number of nitrogens with two attached hydrogens (primary N) is 1. The number of rotatable bonds is 3. The van der Waals surface area contributed by atoms with Crippen LogP contribution >= 0.6 is 0 Å². The predicted molar refractivity (Wildman–Crippen MR) is 62.1 cm³/mol. The number of H-pyrrole nitrogens is 1. The van der Waals surface area contributed by atoms with E-state index in [9.17, 15) is 4.79 Å². The highest BCUT2D eigenvalue weighted by Gasteiger charge is 2.44. The quantitative estimate of drug-likeness (QED) is 0.674. The lowest BCUT2D eigenvalue weighted by molar-refractivity contribution is -0.130. The molecule has 2 rings (SSSR count). The van der Waals surface area contributed by atoms with E-state index in [1.165, 1.54) is 0 Å². The Morgan fingerprint density at radius 1 is 1.82 bits per heavy atom. The third kappa shape index (κ3) is 2.18. The third-order valence-electron chi connectivity index (χ3n) is 3.41. The lowest BCUT2D eigenvalue weighted by atomic mass is 9.85. The zero-order valence-electron chi connectivity index (χ0n) is 10.1. The number of carbonyl (C=O) groups is 1. The normalized spacial score (nSPS) is 28.3. The Hall–Kier alpha value is -1.40. The van der Waals surface area contributed by atoms with Crippen molar-refractivity contribution in [1.82, 2.24) is 15.5 Å². The maximum absolute atomic E-state index is 12.1. The Kier molecular flexibility index (Phi) is 3.17. The summed E-state index contributed by atoms with van der Waals surface area (Å²) in [4.78, 5) is 12.1. The van der Waals surface area contributed by atoms with Crippen molar-refractivity contribution in [3.63, 3.8) is 0 Å². The number of carbonyl (C=O) groups excluding carboxylic acids is 1. The zero-order valence-corrected chi connectivity index (χ0v) is 10.1. The molecule has 6 heteroatoms. The molecule has 1 aliphatic heterocycles. The summed E-state index contributed by atoms with van der Waals surface area (Å²) in [5.41, 5.74) is 7.20. The number of nitrogens with one attached hydrogen (secondary N) is 2. The smallest absolute Gasteiger partial charge is 0.230 e. The molecule has 6 nitrogen and oxygen atoms in total. The molecule has 2 unspecified atom stereocenters. The van der Waals surface area contributed by atoms with Crippen LogP contribution in [0.4, 0.5) is 0 Å². The van der Waals surface area contributed by atoms with Gasteiger partial charge in [0.25, 0.3) is 0 Å². The van der Waals surface area contributed by atoms with Crippen molar-refractivity contribution in [3.8, 4) is 0 Å². The molecular formula is C11H18N4O2. The average molecular weight is 238 g/mol. The topological polar surface area (TPSA) is 93.0 Å². The molecule has 1 amide bonds. The molecule has 94 valence electrons. The maximum atomic E-state index is 12.1. The van der Waals surface area contributed by atoms with Crippen molar-refractivity contribution < 1.29 is 9.53 Å². The second-order valence-corrected chi connectivity index (χ2v) is 4.74. The van der Waals surface area contributed by atoms with Crippen LogP contribution in [0.5, 0.6) is 0 Å². The first-order valence-corrected chi connectivity index (χ1v) is 5.64. The van der Waals surface area contributed by atoms with Gasteiger partial charge in [-0.2, -0.15) is 5.10 Å². The van der Waals surface area contributed by atoms with Crippen LogP contribution in [0.2, 0.25) is 0 Å². The summed E-state index contributed by atoms with van der Waals surface area (Å²) in [5.74, 6) is -0.0666. The van der Waals surface area contributed by atoms with Gasteiger partial charge < -0.3 is 15.8 Å². The molecule has 1 saturated heterocycles. The van der Waals surface area contributed by atoms with Crippen molar-refractivity contribution in [2.45, 2.75) is 26.4 Å². The molecule has 0 bridgehead atoms. The molecular weight excluding hydrogens is 220 g/mol. The molecule has 0 radical (unpaired) electrons. The van der Waals surface area contributed by atoms with Gasteiger partial charge in [-0.25, -0.2) is 0 Å². The fourth-order valence-corrected chi connectivity index (χ4v) is 1.85. The van der Waals surface area contributed by atoms with Crippen LogP contribution in [0.3, 0.4) is 0 Å². The minimum absolute atomic E-state index is 0.0666. The van der Waals surface area contributed by atoms with Gasteiger partial charge in [0.1, 0.15) is 0 Å². The monoisotopic (exact) mass is 238 g/mol. The van der Waals surface area contributed by atoms with Gasteiger partial charge in [-0.1, -0.05) is 0 Å². The Morgan fingerprint density at radius 2 is 2.59 bits per heavy atom. The highest BCUT2D eigenvalue weighted by atomic mass is 16.5. The molecule has 1 fully saturated rings. The van der Waals surface area contributed by atoms with Crippen molar-refractivity contribution in [3.05, 3.63) is 17.5 Å². The first kappa shape index (κ1) is 12.1. The van der Waals surface area contributed by atoms with Gasteiger partial charge in [0.2, 0.25) is 5.91 Å². The van der Waals surface area contributed by atoms with E-state index in [2.05, 4.69) is 15.5 Å². The SMILES string of the molecule is Cc1[nH]ncc1CNC(=O)C1(C)COCC1N. The predicted octanol–water partition coefficient (Wildman–Crippen LogP) is -0.302. The number of aromatic amines is 1. The van der Waals surface area contributed by atoms with E-state index in [0.717, 1.165) is 11.3 Å². The van der Waals surface area contributed by atoms with Crippen LogP contribution in [0.25, 0.3) is 0 Å². The minimum atomic E-state index is -0.627. The van der Waals surface area contributed by atoms with Crippen LogP contribution in [-0.4, -0.2) is 35.4 Å². The molecule has 2 atom stereocenters. The summed E-state index contributed by atoms with van der Waals surface area (Å²) < 4.78 is 5.25. The summed E-state index contributed by atoms with van der Waals surface area (Å²) in [6.07, 6.45) is 1.71. The summed E-state index contributed by atoms with van der Waals surface area (Å²) in [6.45, 7) is 5.03. The van der Waals surface area contributed by atoms with E-state index in [4.69, 9.17) is 10.5 Å². The van der Waals surface area contributed by atoms with Gasteiger partial charge in [0.05, 0.1) is 24.8 Å². The second kappa shape index (κ2) is 4.46. The molecule has 1 aliphatic rings. The third-order valence-corrected chi connectivity index (χ3v) is 3.41. The van der Waals surface area contributed by atoms with Crippen molar-refractivity contribution in [2.75, 3.05) is 13.2 Å². The number of amides is 1. The number of hydrogen-bond donors (Lipinski definition) is 3. The Balaban J connectivity index is 1.96. The fraction of sp³-hybridized carbons (Fsp3) is 0.636. The van der Waals surface area contributed by atoms with Crippen molar-refractivity contribution >= 4 is 5.91 Å². The first-order chi connectivity index (χ1) is 8.04. The summed E-state index contributed by atoms with van der Waals surface area (Å²) in [7, 11) is 0. The van der Waals surface area contributed by atoms with E-state index in [0.29, 0.717) is 19.8 Å². The summed E-state index contributed by atoms with van der Waals surface area (Å²) in [5, 5.41) is 9.61. The molecule has 0 aliphatic carbocycles. The molecule has 0 saturated carbocycles. The van der Waals surface area contributed by atoms with Crippen LogP contribution < -0.4 is 11.1 Å². The molecule has 4 N–H and O–H groups in total. The van der Waals surface area contributed by atoms with Gasteiger partial charge in [-0.15, -0.1) is 0 Å². The highest BCUT2D eigenvalue weighted by molar-refractivity contribution is 5.83. The molecule has 0 spiro atoms. The van der Waals surface area contributed by atoms with Gasteiger partial charge in [-0.05, 0) is 13.8 Å². The molecule has 0 aromatic carbocycles. The van der Waals surface area contributed by atoms with E-state index in [-0.39, 0.29) is 11.9 Å². The van der Waals surface area contributed by atoms with Crippen LogP contribution in [0.15, 0.2) is 6.20 Å². The first-order valence-electron chi connectivity index (χ1n) is 5.64. The zero-order chi connectivity index (χ0) is 12.5. The Labute approximate surface area is 99.9 Å². The Bertz CT molecular complexity index is 417. The van der Waals surface area contributed by atoms with E-state index >= 15 is 0 Å². The highest BCUT2D eigenvalue weighted by Crippen LogP contribution is 2.27. The number of aromatic nitrogens is 2. The van der Waals surface area contributed by atoms with Gasteiger partial charge in [0.15, 0.2) is 0 Å². The largest absolute Gasteiger partial charge is 0.379 e. The number of nitrogens with zero attached hydrogens (tertiary/aromatic N) is 1. The fourth-order valence-electron chi connectivity index (χ4n) is 1.85. The average Bonchev–Trinajstić information content (AvgIpc) is 2.84. The molecule has 17 heavy (non-hydrogen) atoms. The van der Waals surface area contributed by atoms with Gasteiger partial charge >= 0.3 is 0 Å². The van der Waals surface area contributed by atoms with E-state index in [1.807, 2.05) is 13.8 Å². The van der Waals surface area contributed by atoms with Crippen LogP contribution in [0, 0.1) is 12.3 Å². The number of aryl methyl sites for hydroxylation is 1. The standard InChI is InChI=1S/C11H18N4O2/c1-7-8(4-14-15-7)3-13-10(16)11(2)6-17-5-9(11)12/h4,9H,3,5-6,12H2,1-2H3,(H,13,16)(H,14,15). The van der Waals surface area contributed by atoms with Gasteiger partial charge in [-0.3, -0.25) is 9.89 Å². The lowest BCUT2D eigenvalue weighted by Gasteiger charge is -2.25. The number of ether oxygens (including phenoxy) is 1. The van der Waals surface area contributed by atoms with E-state index < -0.39 is 5.41 Å². The molecule has 2 heterocycles. The van der Waals surface area contributed by atoms with Crippen LogP contribution in [0.1, 0.15) is 18.2 Å². The summed E-state index contributed by atoms with van der Waals surface area (Å²) in [6, 6.07) is -0.243. The van der Waals surface area contributed by atoms with Gasteiger partial charge in [0, 0.05) is 23.8 Å². The molecule has 1 aromatic rings. The maximum Gasteiger partial charge on any atom is 0.230 e. The van der Waals surface area contributed by atoms with Crippen molar-refractivity contribution in [1.29, 1.82) is 0 Å². The lowest BCUT2D eigenvalue weighted by Crippen LogP contribution is -2.49.